The van der Waals surface area contributed by atoms with E-state index in [-0.39, 0.29) is 29.7 Å². The van der Waals surface area contributed by atoms with Crippen LogP contribution >= 0.6 is 0 Å². The highest BCUT2D eigenvalue weighted by Crippen LogP contribution is 2.49. The van der Waals surface area contributed by atoms with E-state index < -0.39 is 0 Å². The Morgan fingerprint density at radius 1 is 0.889 bits per heavy atom. The zero-order valence-electron chi connectivity index (χ0n) is 20.4. The molecule has 1 aromatic heterocycles. The molecule has 0 spiro atoms. The SMILES string of the molecule is COc1ccc2c(c[n+]3c4c2cc(C(C)c2ccccc2)c2c5c(cc(c24)CC3)OCO5)c1OC.[Br-]. The van der Waals surface area contributed by atoms with Crippen molar-refractivity contribution in [1.82, 2.24) is 0 Å². The van der Waals surface area contributed by atoms with Gasteiger partial charge in [0.05, 0.1) is 30.4 Å². The van der Waals surface area contributed by atoms with Crippen molar-refractivity contribution in [3.63, 3.8) is 0 Å². The van der Waals surface area contributed by atoms with Gasteiger partial charge in [0.25, 0.3) is 0 Å². The van der Waals surface area contributed by atoms with Crippen LogP contribution in [0.4, 0.5) is 0 Å². The Hall–Kier alpha value is -3.51. The van der Waals surface area contributed by atoms with E-state index in [1.54, 1.807) is 14.2 Å². The average molecular weight is 544 g/mol. The first-order valence-corrected chi connectivity index (χ1v) is 12.0. The van der Waals surface area contributed by atoms with Gasteiger partial charge >= 0.3 is 0 Å². The number of methoxy groups -OCH3 is 2. The summed E-state index contributed by atoms with van der Waals surface area (Å²) in [7, 11) is 3.39. The summed E-state index contributed by atoms with van der Waals surface area (Å²) in [5.74, 6) is 3.41. The van der Waals surface area contributed by atoms with Crippen LogP contribution in [0.3, 0.4) is 0 Å². The molecule has 4 aromatic carbocycles. The van der Waals surface area contributed by atoms with Gasteiger partial charge in [-0.05, 0) is 41.0 Å². The Morgan fingerprint density at radius 3 is 2.50 bits per heavy atom. The van der Waals surface area contributed by atoms with Crippen LogP contribution in [0.2, 0.25) is 0 Å². The number of benzene rings is 4. The first-order chi connectivity index (χ1) is 17.2. The minimum absolute atomic E-state index is 0. The van der Waals surface area contributed by atoms with Crippen molar-refractivity contribution in [2.75, 3.05) is 21.0 Å². The van der Waals surface area contributed by atoms with Crippen molar-refractivity contribution in [2.45, 2.75) is 25.8 Å². The molecule has 1 unspecified atom stereocenters. The van der Waals surface area contributed by atoms with Crippen LogP contribution in [-0.4, -0.2) is 21.0 Å². The first-order valence-electron chi connectivity index (χ1n) is 12.0. The first kappa shape index (κ1) is 22.9. The molecule has 36 heavy (non-hydrogen) atoms. The molecule has 2 aliphatic heterocycles. The number of aryl methyl sites for hydroxylation is 2. The largest absolute Gasteiger partial charge is 1.00 e. The molecular weight excluding hydrogens is 518 g/mol. The molecule has 2 aliphatic rings. The fourth-order valence-corrected chi connectivity index (χ4v) is 5.99. The lowest BCUT2D eigenvalue weighted by atomic mass is 9.84. The number of rotatable bonds is 4. The predicted octanol–water partition coefficient (Wildman–Crippen LogP) is 2.89. The minimum Gasteiger partial charge on any atom is -1.00 e. The van der Waals surface area contributed by atoms with Crippen LogP contribution in [0, 0.1) is 0 Å². The Labute approximate surface area is 219 Å². The number of halogens is 1. The van der Waals surface area contributed by atoms with Crippen molar-refractivity contribution in [2.24, 2.45) is 0 Å². The molecule has 0 fully saturated rings. The fourth-order valence-electron chi connectivity index (χ4n) is 5.99. The number of aromatic nitrogens is 1. The normalized spacial score (nSPS) is 14.3. The van der Waals surface area contributed by atoms with Crippen LogP contribution in [-0.2, 0) is 13.0 Å². The maximum absolute atomic E-state index is 6.09. The molecule has 0 aliphatic carbocycles. The molecule has 0 amide bonds. The topological polar surface area (TPSA) is 40.8 Å². The molecule has 6 heteroatoms. The van der Waals surface area contributed by atoms with Gasteiger partial charge in [0.15, 0.2) is 35.7 Å². The Bertz CT molecular complexity index is 1670. The van der Waals surface area contributed by atoms with E-state index in [4.69, 9.17) is 18.9 Å². The minimum atomic E-state index is 0. The van der Waals surface area contributed by atoms with Crippen molar-refractivity contribution in [1.29, 1.82) is 0 Å². The lowest BCUT2D eigenvalue weighted by molar-refractivity contribution is -0.670. The molecular formula is C30H26BrNO4. The number of hydrogen-bond donors (Lipinski definition) is 0. The van der Waals surface area contributed by atoms with Crippen LogP contribution in [0.15, 0.2) is 60.8 Å². The molecule has 7 rings (SSSR count). The summed E-state index contributed by atoms with van der Waals surface area (Å²) in [6.07, 6.45) is 3.15. The van der Waals surface area contributed by atoms with Gasteiger partial charge in [-0.25, -0.2) is 0 Å². The average Bonchev–Trinajstić information content (AvgIpc) is 3.38. The van der Waals surface area contributed by atoms with Crippen LogP contribution in [0.5, 0.6) is 23.0 Å². The summed E-state index contributed by atoms with van der Waals surface area (Å²) in [6.45, 7) is 3.43. The molecule has 1 atom stereocenters. The third kappa shape index (κ3) is 3.10. The highest BCUT2D eigenvalue weighted by Gasteiger charge is 2.32. The summed E-state index contributed by atoms with van der Waals surface area (Å²) in [4.78, 5) is 0. The summed E-state index contributed by atoms with van der Waals surface area (Å²) >= 11 is 0. The van der Waals surface area contributed by atoms with E-state index in [1.807, 2.05) is 6.07 Å². The lowest BCUT2D eigenvalue weighted by Gasteiger charge is -2.22. The maximum atomic E-state index is 6.09. The second-order valence-corrected chi connectivity index (χ2v) is 9.35. The zero-order chi connectivity index (χ0) is 23.7. The fraction of sp³-hybridized carbons (Fsp3) is 0.233. The highest BCUT2D eigenvalue weighted by molar-refractivity contribution is 6.18. The van der Waals surface area contributed by atoms with E-state index in [0.717, 1.165) is 46.7 Å². The van der Waals surface area contributed by atoms with Gasteiger partial charge < -0.3 is 35.9 Å². The summed E-state index contributed by atoms with van der Waals surface area (Å²) in [6, 6.07) is 19.4. The van der Waals surface area contributed by atoms with Gasteiger partial charge in [0, 0.05) is 23.1 Å². The Balaban J connectivity index is 0.00000240. The van der Waals surface area contributed by atoms with E-state index in [2.05, 4.69) is 66.2 Å². The molecule has 182 valence electrons. The van der Waals surface area contributed by atoms with E-state index in [1.165, 1.54) is 38.4 Å². The summed E-state index contributed by atoms with van der Waals surface area (Å²) < 4.78 is 25.8. The molecule has 0 saturated carbocycles. The molecule has 5 aromatic rings. The van der Waals surface area contributed by atoms with Gasteiger partial charge in [-0.2, -0.15) is 4.57 Å². The van der Waals surface area contributed by atoms with E-state index in [0.29, 0.717) is 0 Å². The lowest BCUT2D eigenvalue weighted by Crippen LogP contribution is -3.00. The molecule has 0 radical (unpaired) electrons. The monoisotopic (exact) mass is 543 g/mol. The van der Waals surface area contributed by atoms with Crippen molar-refractivity contribution < 1.29 is 40.5 Å². The number of ether oxygens (including phenoxy) is 4. The smallest absolute Gasteiger partial charge is 0.231 e. The zero-order valence-corrected chi connectivity index (χ0v) is 22.0. The Kier molecular flexibility index (Phi) is 5.45. The number of nitrogens with zero attached hydrogens (tertiary/aromatic N) is 1. The summed E-state index contributed by atoms with van der Waals surface area (Å²) in [5, 5.41) is 5.87. The van der Waals surface area contributed by atoms with Crippen LogP contribution < -0.4 is 40.5 Å². The third-order valence-electron chi connectivity index (χ3n) is 7.66. The van der Waals surface area contributed by atoms with Crippen LogP contribution in [0.1, 0.15) is 29.5 Å². The predicted molar refractivity (Wildman–Crippen MR) is 136 cm³/mol. The van der Waals surface area contributed by atoms with Crippen molar-refractivity contribution >= 4 is 32.4 Å². The third-order valence-corrected chi connectivity index (χ3v) is 7.66. The van der Waals surface area contributed by atoms with Gasteiger partial charge in [-0.15, -0.1) is 0 Å². The standard InChI is InChI=1S/C30H26NO4.BrH/c1-17(18-7-5-4-6-8-18)21-14-22-20-9-10-24(32-2)29(33-3)23(20)15-31-12-11-19-13-25-30(35-16-34-25)27(21)26(19)28(22)31;/h4-10,13-15,17H,11-12,16H2,1-3H3;1H/q+1;/p-1. The maximum Gasteiger partial charge on any atom is 0.231 e. The van der Waals surface area contributed by atoms with E-state index >= 15 is 0 Å². The Morgan fingerprint density at radius 2 is 1.72 bits per heavy atom. The van der Waals surface area contributed by atoms with Gasteiger partial charge in [-0.1, -0.05) is 37.3 Å². The molecule has 0 bridgehead atoms. The highest BCUT2D eigenvalue weighted by atomic mass is 79.9. The van der Waals surface area contributed by atoms with Crippen LogP contribution in [0.25, 0.3) is 32.4 Å². The molecule has 0 N–H and O–H groups in total. The number of hydrogen-bond acceptors (Lipinski definition) is 4. The van der Waals surface area contributed by atoms with Gasteiger partial charge in [-0.3, -0.25) is 0 Å². The van der Waals surface area contributed by atoms with E-state index in [9.17, 15) is 0 Å². The number of fused-ring (bicyclic) bond motifs is 4. The van der Waals surface area contributed by atoms with Crippen molar-refractivity contribution in [3.05, 3.63) is 77.5 Å². The quantitative estimate of drug-likeness (QED) is 0.258. The van der Waals surface area contributed by atoms with Crippen molar-refractivity contribution in [3.8, 4) is 23.0 Å². The summed E-state index contributed by atoms with van der Waals surface area (Å²) in [5.41, 5.74) is 5.08. The molecule has 5 nitrogen and oxygen atoms in total. The van der Waals surface area contributed by atoms with Gasteiger partial charge in [0.2, 0.25) is 12.3 Å². The second kappa shape index (κ2) is 8.56. The molecule has 0 saturated heterocycles. The second-order valence-electron chi connectivity index (χ2n) is 9.35. The number of pyridine rings is 1. The molecule has 3 heterocycles. The van der Waals surface area contributed by atoms with Gasteiger partial charge in [0.1, 0.15) is 0 Å².